The molecule has 1 aliphatic heterocycles. The zero-order chi connectivity index (χ0) is 10.8. The van der Waals surface area contributed by atoms with Crippen molar-refractivity contribution in [1.29, 1.82) is 0 Å². The molecule has 82 valence electrons. The maximum atomic E-state index is 11.4. The molecule has 7 heteroatoms. The van der Waals surface area contributed by atoms with Crippen molar-refractivity contribution < 1.29 is 9.84 Å². The molecule has 0 radical (unpaired) electrons. The summed E-state index contributed by atoms with van der Waals surface area (Å²) in [4.78, 5) is 24.3. The molecule has 0 spiro atoms. The first-order valence-corrected chi connectivity index (χ1v) is 5.45. The Morgan fingerprint density at radius 1 is 1.67 bits per heavy atom. The van der Waals surface area contributed by atoms with E-state index in [9.17, 15) is 9.59 Å². The molecule has 2 heterocycles. The molecule has 1 aliphatic rings. The van der Waals surface area contributed by atoms with E-state index in [2.05, 4.69) is 4.98 Å². The van der Waals surface area contributed by atoms with Crippen molar-refractivity contribution in [3.63, 3.8) is 0 Å². The summed E-state index contributed by atoms with van der Waals surface area (Å²) in [6, 6.07) is 1.27. The third kappa shape index (κ3) is 2.14. The Balaban J connectivity index is 2.24. The second-order valence-corrected chi connectivity index (χ2v) is 4.25. The fourth-order valence-electron chi connectivity index (χ4n) is 1.34. The normalized spacial score (nSPS) is 25.7. The lowest BCUT2D eigenvalue weighted by Crippen LogP contribution is -2.32. The van der Waals surface area contributed by atoms with Crippen LogP contribution in [0.5, 0.6) is 0 Å². The van der Waals surface area contributed by atoms with Crippen molar-refractivity contribution in [2.75, 3.05) is 12.4 Å². The average molecular weight is 230 g/mol. The van der Waals surface area contributed by atoms with Crippen LogP contribution in [0.4, 0.5) is 0 Å². The molecule has 0 unspecified atom stereocenters. The Labute approximate surface area is 88.9 Å². The van der Waals surface area contributed by atoms with E-state index < -0.39 is 17.5 Å². The van der Waals surface area contributed by atoms with Gasteiger partial charge in [-0.25, -0.2) is 4.79 Å². The first kappa shape index (κ1) is 10.5. The number of aliphatic hydroxyl groups excluding tert-OH is 1. The molecule has 1 fully saturated rings. The predicted molar refractivity (Wildman–Crippen MR) is 54.8 cm³/mol. The van der Waals surface area contributed by atoms with Gasteiger partial charge in [0.25, 0.3) is 5.56 Å². The van der Waals surface area contributed by atoms with Crippen LogP contribution in [0.1, 0.15) is 6.23 Å². The second kappa shape index (κ2) is 4.21. The molecule has 0 bridgehead atoms. The van der Waals surface area contributed by atoms with E-state index in [0.29, 0.717) is 5.75 Å². The summed E-state index contributed by atoms with van der Waals surface area (Å²) in [5, 5.41) is 8.85. The first-order valence-electron chi connectivity index (χ1n) is 4.40. The number of H-pyrrole nitrogens is 1. The molecule has 1 aromatic rings. The van der Waals surface area contributed by atoms with E-state index >= 15 is 0 Å². The van der Waals surface area contributed by atoms with Gasteiger partial charge in [0, 0.05) is 18.0 Å². The molecular formula is C8H10N2O4S. The van der Waals surface area contributed by atoms with Crippen LogP contribution in [0.25, 0.3) is 0 Å². The number of aliphatic hydroxyl groups is 1. The minimum Gasteiger partial charge on any atom is -0.393 e. The summed E-state index contributed by atoms with van der Waals surface area (Å²) in [7, 11) is 0. The van der Waals surface area contributed by atoms with Crippen LogP contribution in [-0.4, -0.2) is 32.5 Å². The van der Waals surface area contributed by atoms with Gasteiger partial charge in [-0.3, -0.25) is 14.3 Å². The molecule has 0 saturated carbocycles. The van der Waals surface area contributed by atoms with Crippen LogP contribution in [0, 0.1) is 0 Å². The largest absolute Gasteiger partial charge is 0.393 e. The second-order valence-electron chi connectivity index (χ2n) is 3.05. The highest BCUT2D eigenvalue weighted by atomic mass is 32.2. The maximum absolute atomic E-state index is 11.4. The van der Waals surface area contributed by atoms with Gasteiger partial charge in [0.1, 0.15) is 11.7 Å². The van der Waals surface area contributed by atoms with Gasteiger partial charge >= 0.3 is 5.69 Å². The minimum absolute atomic E-state index is 0.0841. The lowest BCUT2D eigenvalue weighted by molar-refractivity contribution is -0.00640. The average Bonchev–Trinajstić information content (AvgIpc) is 2.66. The number of rotatable bonds is 2. The van der Waals surface area contributed by atoms with Crippen molar-refractivity contribution in [2.24, 2.45) is 0 Å². The number of nitrogens with zero attached hydrogens (tertiary/aromatic N) is 1. The maximum Gasteiger partial charge on any atom is 0.330 e. The van der Waals surface area contributed by atoms with Crippen LogP contribution in [-0.2, 0) is 4.74 Å². The molecule has 0 amide bonds. The summed E-state index contributed by atoms with van der Waals surface area (Å²) in [6.45, 7) is -0.0841. The summed E-state index contributed by atoms with van der Waals surface area (Å²) >= 11 is 1.43. The summed E-state index contributed by atoms with van der Waals surface area (Å²) < 4.78 is 6.68. The Hall–Kier alpha value is -1.05. The van der Waals surface area contributed by atoms with E-state index in [1.54, 1.807) is 0 Å². The quantitative estimate of drug-likeness (QED) is 0.689. The van der Waals surface area contributed by atoms with Gasteiger partial charge in [0.05, 0.1) is 6.61 Å². The first-order chi connectivity index (χ1) is 7.20. The van der Waals surface area contributed by atoms with Gasteiger partial charge in [-0.2, -0.15) is 0 Å². The fourth-order valence-corrected chi connectivity index (χ4v) is 2.27. The van der Waals surface area contributed by atoms with Crippen LogP contribution in [0.3, 0.4) is 0 Å². The third-order valence-corrected chi connectivity index (χ3v) is 3.15. The molecule has 2 atom stereocenters. The van der Waals surface area contributed by atoms with Gasteiger partial charge < -0.3 is 9.84 Å². The number of hydrogen-bond acceptors (Lipinski definition) is 5. The Morgan fingerprint density at radius 2 is 2.47 bits per heavy atom. The topological polar surface area (TPSA) is 84.3 Å². The van der Waals surface area contributed by atoms with Gasteiger partial charge in [-0.15, -0.1) is 11.8 Å². The number of ether oxygens (including phenoxy) is 1. The monoisotopic (exact) mass is 230 g/mol. The molecule has 0 aliphatic carbocycles. The van der Waals surface area contributed by atoms with Crippen LogP contribution in [0.15, 0.2) is 21.9 Å². The van der Waals surface area contributed by atoms with Gasteiger partial charge in [-0.1, -0.05) is 0 Å². The third-order valence-electron chi connectivity index (χ3n) is 2.04. The highest BCUT2D eigenvalue weighted by molar-refractivity contribution is 8.00. The summed E-state index contributed by atoms with van der Waals surface area (Å²) in [5.74, 6) is 0.581. The highest BCUT2D eigenvalue weighted by Crippen LogP contribution is 2.29. The Kier molecular flexibility index (Phi) is 2.94. The SMILES string of the molecule is O=c1ccn([C@H]2CS[C@@H](CO)O2)c(=O)[nH]1. The van der Waals surface area contributed by atoms with Crippen molar-refractivity contribution in [2.45, 2.75) is 11.7 Å². The fraction of sp³-hybridized carbons (Fsp3) is 0.500. The molecule has 2 rings (SSSR count). The zero-order valence-electron chi connectivity index (χ0n) is 7.75. The summed E-state index contributed by atoms with van der Waals surface area (Å²) in [5.41, 5.74) is -1.22. The molecule has 1 saturated heterocycles. The standard InChI is InChI=1S/C8H10N2O4S/c11-3-7-14-6(4-15-7)10-2-1-5(12)9-8(10)13/h1-2,6-7,11H,3-4H2,(H,9,12,13)/t6-,7+/m1/s1. The van der Waals surface area contributed by atoms with Crippen LogP contribution in [0.2, 0.25) is 0 Å². The van der Waals surface area contributed by atoms with E-state index in [1.807, 2.05) is 0 Å². The van der Waals surface area contributed by atoms with Crippen molar-refractivity contribution in [3.05, 3.63) is 33.1 Å². The van der Waals surface area contributed by atoms with E-state index in [1.165, 1.54) is 28.6 Å². The molecule has 0 aromatic carbocycles. The van der Waals surface area contributed by atoms with Crippen molar-refractivity contribution in [1.82, 2.24) is 9.55 Å². The van der Waals surface area contributed by atoms with E-state index in [4.69, 9.17) is 9.84 Å². The van der Waals surface area contributed by atoms with Gasteiger partial charge in [-0.05, 0) is 0 Å². The highest BCUT2D eigenvalue weighted by Gasteiger charge is 2.27. The molecule has 2 N–H and O–H groups in total. The minimum atomic E-state index is -0.494. The molecule has 15 heavy (non-hydrogen) atoms. The number of aromatic nitrogens is 2. The molecule has 1 aromatic heterocycles. The molecule has 6 nitrogen and oxygen atoms in total. The van der Waals surface area contributed by atoms with Crippen molar-refractivity contribution in [3.8, 4) is 0 Å². The number of hydrogen-bond donors (Lipinski definition) is 2. The van der Waals surface area contributed by atoms with Crippen LogP contribution < -0.4 is 11.2 Å². The smallest absolute Gasteiger partial charge is 0.330 e. The predicted octanol–water partition coefficient (Wildman–Crippen LogP) is -0.883. The van der Waals surface area contributed by atoms with E-state index in [0.717, 1.165) is 0 Å². The number of aromatic amines is 1. The van der Waals surface area contributed by atoms with Crippen molar-refractivity contribution >= 4 is 11.8 Å². The number of thioether (sulfide) groups is 1. The summed E-state index contributed by atoms with van der Waals surface area (Å²) in [6.07, 6.45) is 0.975. The van der Waals surface area contributed by atoms with Gasteiger partial charge in [0.2, 0.25) is 0 Å². The van der Waals surface area contributed by atoms with E-state index in [-0.39, 0.29) is 12.0 Å². The lowest BCUT2D eigenvalue weighted by atomic mass is 10.5. The van der Waals surface area contributed by atoms with Crippen LogP contribution >= 0.6 is 11.8 Å². The Morgan fingerprint density at radius 3 is 3.07 bits per heavy atom. The lowest BCUT2D eigenvalue weighted by Gasteiger charge is -2.12. The number of nitrogens with one attached hydrogen (secondary N) is 1. The molecular weight excluding hydrogens is 220 g/mol. The van der Waals surface area contributed by atoms with Gasteiger partial charge in [0.15, 0.2) is 0 Å². The zero-order valence-corrected chi connectivity index (χ0v) is 8.57. The Bertz CT molecular complexity index is 454.